The van der Waals surface area contributed by atoms with Gasteiger partial charge in [-0.3, -0.25) is 15.8 Å². The van der Waals surface area contributed by atoms with E-state index in [-0.39, 0.29) is 0 Å². The highest BCUT2D eigenvalue weighted by molar-refractivity contribution is 5.35. The number of halogens is 2. The molecule has 0 heterocycles. The van der Waals surface area contributed by atoms with Gasteiger partial charge in [-0.2, -0.15) is 8.78 Å². The third kappa shape index (κ3) is 2.19. The number of rotatable bonds is 2. The molecule has 70 valence electrons. The number of hydrogen-bond donors (Lipinski definition) is 1. The van der Waals surface area contributed by atoms with E-state index in [4.69, 9.17) is 0 Å². The summed E-state index contributed by atoms with van der Waals surface area (Å²) in [5.74, 6) is 0. The molecule has 0 unspecified atom stereocenters. The van der Waals surface area contributed by atoms with Crippen molar-refractivity contribution < 1.29 is 13.7 Å². The van der Waals surface area contributed by atoms with E-state index >= 15 is 0 Å². The van der Waals surface area contributed by atoms with Gasteiger partial charge in [0.25, 0.3) is 5.69 Å². The van der Waals surface area contributed by atoms with Gasteiger partial charge in [0.05, 0.1) is 4.92 Å². The normalized spacial score (nSPS) is 11.3. The van der Waals surface area contributed by atoms with E-state index in [9.17, 15) is 18.9 Å². The van der Waals surface area contributed by atoms with Crippen LogP contribution in [-0.4, -0.2) is 4.92 Å². The molecule has 1 rings (SSSR count). The lowest BCUT2D eigenvalue weighted by Gasteiger charge is -2.08. The summed E-state index contributed by atoms with van der Waals surface area (Å²) in [6.07, 6.45) is 0. The Morgan fingerprint density at radius 2 is 2.08 bits per heavy atom. The summed E-state index contributed by atoms with van der Waals surface area (Å²) in [5, 5.41) is 10.2. The molecule has 0 aliphatic carbocycles. The van der Waals surface area contributed by atoms with Gasteiger partial charge >= 0.3 is 6.05 Å². The van der Waals surface area contributed by atoms with Gasteiger partial charge in [0, 0.05) is 17.7 Å². The zero-order valence-electron chi connectivity index (χ0n) is 6.41. The second kappa shape index (κ2) is 3.06. The third-order valence-corrected chi connectivity index (χ3v) is 1.44. The fraction of sp³-hybridized carbons (Fsp3) is 0.143. The first-order valence-corrected chi connectivity index (χ1v) is 3.33. The number of alkyl halides is 2. The quantitative estimate of drug-likeness (QED) is 0.435. The van der Waals surface area contributed by atoms with Gasteiger partial charge in [0.1, 0.15) is 0 Å². The Bertz CT molecular complexity index is 336. The van der Waals surface area contributed by atoms with Crippen molar-refractivity contribution in [3.63, 3.8) is 0 Å². The van der Waals surface area contributed by atoms with E-state index in [0.29, 0.717) is 0 Å². The SMILES string of the molecule is NC(F)(F)c1cccc([N+](=O)[O-])c1. The van der Waals surface area contributed by atoms with Crippen LogP contribution < -0.4 is 5.73 Å². The van der Waals surface area contributed by atoms with Gasteiger partial charge < -0.3 is 0 Å². The standard InChI is InChI=1S/C7H6F2N2O2/c8-7(9,10)5-2-1-3-6(4-5)11(12)13/h1-4H,10H2. The minimum Gasteiger partial charge on any atom is -0.268 e. The molecule has 1 aromatic carbocycles. The maximum absolute atomic E-state index is 12.5. The average Bonchev–Trinajstić information content (AvgIpc) is 2.03. The summed E-state index contributed by atoms with van der Waals surface area (Å²) < 4.78 is 24.9. The first-order valence-electron chi connectivity index (χ1n) is 3.33. The van der Waals surface area contributed by atoms with Crippen LogP contribution >= 0.6 is 0 Å². The Balaban J connectivity index is 3.13. The van der Waals surface area contributed by atoms with Crippen molar-refractivity contribution in [1.29, 1.82) is 0 Å². The summed E-state index contributed by atoms with van der Waals surface area (Å²) in [5.41, 5.74) is 3.50. The largest absolute Gasteiger partial charge is 0.327 e. The van der Waals surface area contributed by atoms with E-state index in [2.05, 4.69) is 5.73 Å². The van der Waals surface area contributed by atoms with Gasteiger partial charge in [-0.1, -0.05) is 12.1 Å². The van der Waals surface area contributed by atoms with Crippen LogP contribution in [0.1, 0.15) is 5.56 Å². The molecule has 0 atom stereocenters. The van der Waals surface area contributed by atoms with E-state index < -0.39 is 22.2 Å². The van der Waals surface area contributed by atoms with Crippen LogP contribution in [-0.2, 0) is 6.05 Å². The fourth-order valence-electron chi connectivity index (χ4n) is 0.827. The summed E-state index contributed by atoms with van der Waals surface area (Å²) in [4.78, 5) is 9.45. The Morgan fingerprint density at radius 3 is 2.54 bits per heavy atom. The van der Waals surface area contributed by atoms with Crippen molar-refractivity contribution in [1.82, 2.24) is 0 Å². The minimum absolute atomic E-state index is 0.400. The molecule has 0 amide bonds. The highest BCUT2D eigenvalue weighted by Gasteiger charge is 2.26. The van der Waals surface area contributed by atoms with Crippen molar-refractivity contribution in [2.45, 2.75) is 6.05 Å². The van der Waals surface area contributed by atoms with Crippen LogP contribution in [0.2, 0.25) is 0 Å². The first kappa shape index (κ1) is 9.53. The number of nitrogens with zero attached hydrogens (tertiary/aromatic N) is 1. The van der Waals surface area contributed by atoms with Crippen molar-refractivity contribution in [2.75, 3.05) is 0 Å². The molecule has 6 heteroatoms. The predicted molar refractivity (Wildman–Crippen MR) is 41.2 cm³/mol. The molecule has 0 aliphatic rings. The summed E-state index contributed by atoms with van der Waals surface area (Å²) in [6, 6.07) is 0.530. The van der Waals surface area contributed by atoms with E-state index in [1.54, 1.807) is 0 Å². The molecule has 13 heavy (non-hydrogen) atoms. The van der Waals surface area contributed by atoms with Crippen LogP contribution in [0.4, 0.5) is 14.5 Å². The van der Waals surface area contributed by atoms with Crippen molar-refractivity contribution >= 4 is 5.69 Å². The predicted octanol–water partition coefficient (Wildman–Crippen LogP) is 1.60. The summed E-state index contributed by atoms with van der Waals surface area (Å²) in [6.45, 7) is 0. The molecular weight excluding hydrogens is 182 g/mol. The van der Waals surface area contributed by atoms with Gasteiger partial charge in [-0.15, -0.1) is 0 Å². The van der Waals surface area contributed by atoms with Crippen LogP contribution in [0, 0.1) is 10.1 Å². The summed E-state index contributed by atoms with van der Waals surface area (Å²) >= 11 is 0. The number of benzene rings is 1. The molecule has 4 nitrogen and oxygen atoms in total. The smallest absolute Gasteiger partial charge is 0.268 e. The van der Waals surface area contributed by atoms with Crippen LogP contribution in [0.3, 0.4) is 0 Å². The molecule has 0 spiro atoms. The van der Waals surface area contributed by atoms with Crippen LogP contribution in [0.25, 0.3) is 0 Å². The molecular formula is C7H6F2N2O2. The average molecular weight is 188 g/mol. The molecule has 0 saturated carbocycles. The minimum atomic E-state index is -3.54. The third-order valence-electron chi connectivity index (χ3n) is 1.44. The Morgan fingerprint density at radius 1 is 1.46 bits per heavy atom. The van der Waals surface area contributed by atoms with Gasteiger partial charge in [-0.05, 0) is 0 Å². The molecule has 1 aromatic rings. The Labute approximate surface area is 72.1 Å². The van der Waals surface area contributed by atoms with Gasteiger partial charge in [-0.25, -0.2) is 0 Å². The number of nitro benzene ring substituents is 1. The summed E-state index contributed by atoms with van der Waals surface area (Å²) in [7, 11) is 0. The highest BCUT2D eigenvalue weighted by atomic mass is 19.3. The van der Waals surface area contributed by atoms with E-state index in [0.717, 1.165) is 24.3 Å². The lowest BCUT2D eigenvalue weighted by atomic mass is 10.2. The molecule has 0 aromatic heterocycles. The number of hydrogen-bond acceptors (Lipinski definition) is 3. The molecule has 0 fully saturated rings. The van der Waals surface area contributed by atoms with Crippen molar-refractivity contribution in [3.05, 3.63) is 39.9 Å². The molecule has 0 saturated heterocycles. The molecule has 0 aliphatic heterocycles. The Hall–Kier alpha value is -1.56. The number of nitrogens with two attached hydrogens (primary N) is 1. The van der Waals surface area contributed by atoms with Crippen LogP contribution in [0.15, 0.2) is 24.3 Å². The second-order valence-electron chi connectivity index (χ2n) is 2.43. The maximum atomic E-state index is 12.5. The van der Waals surface area contributed by atoms with Gasteiger partial charge in [0.15, 0.2) is 0 Å². The van der Waals surface area contributed by atoms with E-state index in [1.165, 1.54) is 0 Å². The van der Waals surface area contributed by atoms with E-state index in [1.807, 2.05) is 0 Å². The highest BCUT2D eigenvalue weighted by Crippen LogP contribution is 2.24. The maximum Gasteiger partial charge on any atom is 0.327 e. The van der Waals surface area contributed by atoms with Crippen LogP contribution in [0.5, 0.6) is 0 Å². The lowest BCUT2D eigenvalue weighted by Crippen LogP contribution is -2.25. The topological polar surface area (TPSA) is 69.2 Å². The Kier molecular flexibility index (Phi) is 2.24. The van der Waals surface area contributed by atoms with Crippen molar-refractivity contribution in [3.8, 4) is 0 Å². The molecule has 0 radical (unpaired) electrons. The molecule has 0 bridgehead atoms. The molecule has 2 N–H and O–H groups in total. The number of nitro groups is 1. The first-order chi connectivity index (χ1) is 5.91. The van der Waals surface area contributed by atoms with Crippen molar-refractivity contribution in [2.24, 2.45) is 5.73 Å². The zero-order chi connectivity index (χ0) is 10.1. The lowest BCUT2D eigenvalue weighted by molar-refractivity contribution is -0.385. The number of non-ortho nitro benzene ring substituents is 1. The second-order valence-corrected chi connectivity index (χ2v) is 2.43. The monoisotopic (exact) mass is 188 g/mol. The zero-order valence-corrected chi connectivity index (χ0v) is 6.41. The fourth-order valence-corrected chi connectivity index (χ4v) is 0.827. The van der Waals surface area contributed by atoms with Gasteiger partial charge in [0.2, 0.25) is 0 Å².